The Morgan fingerprint density at radius 3 is 2.21 bits per heavy atom. The Bertz CT molecular complexity index is 383. The maximum Gasteiger partial charge on any atom is 0.206 e. The molecule has 0 fully saturated rings. The van der Waals surface area contributed by atoms with Gasteiger partial charge in [-0.1, -0.05) is 18.2 Å². The number of hydrogen-bond donors (Lipinski definition) is 0. The molecular weight excluding hydrogens is 204 g/mol. The second-order valence-electron chi connectivity index (χ2n) is 5.12. The van der Waals surface area contributed by atoms with E-state index < -0.39 is 16.6 Å². The first-order chi connectivity index (χ1) is 6.34. The number of hydrogen-bond acceptors (Lipinski definition) is 1. The lowest BCUT2D eigenvalue weighted by molar-refractivity contribution is 0.583. The molecule has 0 radical (unpaired) electrons. The monoisotopic (exact) mass is 222 g/mol. The van der Waals surface area contributed by atoms with Gasteiger partial charge in [0, 0.05) is 0 Å². The Morgan fingerprint density at radius 1 is 1.00 bits per heavy atom. The number of fused-ring (bicyclic) bond motifs is 1. The molecule has 1 aliphatic rings. The van der Waals surface area contributed by atoms with Crippen LogP contribution in [0.1, 0.15) is 5.56 Å². The Balaban J connectivity index is 2.72. The molecule has 0 N–H and O–H groups in total. The molecule has 0 bridgehead atoms. The molecule has 0 saturated heterocycles. The fourth-order valence-corrected chi connectivity index (χ4v) is 13.5. The van der Waals surface area contributed by atoms with Gasteiger partial charge >= 0.3 is 0 Å². The second-order valence-corrected chi connectivity index (χ2v) is 13.0. The van der Waals surface area contributed by atoms with E-state index in [0.29, 0.717) is 0 Å². The minimum absolute atomic E-state index is 1.43. The van der Waals surface area contributed by atoms with Crippen molar-refractivity contribution in [3.63, 3.8) is 0 Å². The molecule has 1 nitrogen and oxygen atoms in total. The first-order valence-electron chi connectivity index (χ1n) is 5.15. The molecule has 1 heterocycles. The summed E-state index contributed by atoms with van der Waals surface area (Å²) in [5.74, 6) is 0. The number of rotatable bonds is 0. The summed E-state index contributed by atoms with van der Waals surface area (Å²) in [6, 6.07) is 6.66. The summed E-state index contributed by atoms with van der Waals surface area (Å²) in [4.78, 5) is 0. The van der Waals surface area contributed by atoms with Gasteiger partial charge < -0.3 is 4.12 Å². The van der Waals surface area contributed by atoms with Gasteiger partial charge in [-0.05, 0) is 49.0 Å². The van der Waals surface area contributed by atoms with Crippen LogP contribution in [-0.2, 0) is 4.12 Å². The van der Waals surface area contributed by atoms with Crippen molar-refractivity contribution in [2.24, 2.45) is 0 Å². The number of benzene rings is 1. The summed E-state index contributed by atoms with van der Waals surface area (Å²) in [5, 5.41) is 3.10. The van der Waals surface area contributed by atoms with E-state index >= 15 is 0 Å². The molecule has 0 atom stereocenters. The van der Waals surface area contributed by atoms with Crippen LogP contribution in [0.15, 0.2) is 18.2 Å². The summed E-state index contributed by atoms with van der Waals surface area (Å²) < 4.78 is 6.37. The molecule has 14 heavy (non-hydrogen) atoms. The maximum absolute atomic E-state index is 6.37. The third-order valence-corrected chi connectivity index (χ3v) is 10.9. The highest BCUT2D eigenvalue weighted by Gasteiger charge is 2.46. The first-order valence-corrected chi connectivity index (χ1v) is 11.0. The van der Waals surface area contributed by atoms with Gasteiger partial charge in [-0.2, -0.15) is 0 Å². The van der Waals surface area contributed by atoms with Crippen LogP contribution in [-0.4, -0.2) is 16.6 Å². The fraction of sp³-hybridized carbons (Fsp3) is 0.455. The smallest absolute Gasteiger partial charge is 0.206 e. The highest BCUT2D eigenvalue weighted by Crippen LogP contribution is 2.22. The maximum atomic E-state index is 6.37. The van der Waals surface area contributed by atoms with E-state index in [0.717, 1.165) is 0 Å². The summed E-state index contributed by atoms with van der Waals surface area (Å²) in [7, 11) is -3.14. The SMILES string of the molecule is Cc1cccc2c1[Si](C)(C)O[Si]2(C)C. The van der Waals surface area contributed by atoms with E-state index in [1.807, 2.05) is 0 Å². The molecule has 0 saturated carbocycles. The molecule has 0 aliphatic carbocycles. The fourth-order valence-electron chi connectivity index (χ4n) is 2.71. The lowest BCUT2D eigenvalue weighted by Gasteiger charge is -2.22. The minimum Gasteiger partial charge on any atom is -0.449 e. The lowest BCUT2D eigenvalue weighted by Crippen LogP contribution is -2.45. The molecular formula is C11H18OSi2. The molecule has 3 heteroatoms. The summed E-state index contributed by atoms with van der Waals surface area (Å²) >= 11 is 0. The van der Waals surface area contributed by atoms with Crippen LogP contribution in [0.4, 0.5) is 0 Å². The zero-order valence-electron chi connectivity index (χ0n) is 9.64. The van der Waals surface area contributed by atoms with Gasteiger partial charge in [-0.25, -0.2) is 0 Å². The van der Waals surface area contributed by atoms with Crippen molar-refractivity contribution < 1.29 is 4.12 Å². The van der Waals surface area contributed by atoms with Gasteiger partial charge in [0.05, 0.1) is 0 Å². The standard InChI is InChI=1S/C11H18OSi2/c1-9-7-6-8-10-11(9)14(4,5)12-13(10,2)3/h6-8H,1-5H3. The second kappa shape index (κ2) is 2.81. The van der Waals surface area contributed by atoms with Gasteiger partial charge in [-0.3, -0.25) is 0 Å². The van der Waals surface area contributed by atoms with Crippen LogP contribution in [0, 0.1) is 6.92 Å². The van der Waals surface area contributed by atoms with Crippen LogP contribution in [0.25, 0.3) is 0 Å². The molecule has 0 amide bonds. The zero-order chi connectivity index (χ0) is 10.6. The lowest BCUT2D eigenvalue weighted by atomic mass is 10.2. The van der Waals surface area contributed by atoms with Crippen LogP contribution in [0.5, 0.6) is 0 Å². The third-order valence-electron chi connectivity index (χ3n) is 3.03. The van der Waals surface area contributed by atoms with Gasteiger partial charge in [0.1, 0.15) is 0 Å². The summed E-state index contributed by atoms with van der Waals surface area (Å²) in [6.07, 6.45) is 0. The van der Waals surface area contributed by atoms with Gasteiger partial charge in [0.2, 0.25) is 16.6 Å². The van der Waals surface area contributed by atoms with Crippen LogP contribution in [0.2, 0.25) is 26.2 Å². The van der Waals surface area contributed by atoms with Crippen molar-refractivity contribution in [2.75, 3.05) is 0 Å². The Labute approximate surface area is 88.4 Å². The molecule has 1 aliphatic heterocycles. The largest absolute Gasteiger partial charge is 0.449 e. The van der Waals surface area contributed by atoms with E-state index in [2.05, 4.69) is 51.3 Å². The molecule has 2 rings (SSSR count). The number of aryl methyl sites for hydroxylation is 1. The van der Waals surface area contributed by atoms with Crippen LogP contribution < -0.4 is 10.4 Å². The average molecular weight is 222 g/mol. The van der Waals surface area contributed by atoms with Crippen molar-refractivity contribution in [1.82, 2.24) is 0 Å². The predicted molar refractivity (Wildman–Crippen MR) is 66.5 cm³/mol. The molecule has 0 spiro atoms. The first kappa shape index (κ1) is 10.1. The molecule has 0 aromatic heterocycles. The normalized spacial score (nSPS) is 22.1. The van der Waals surface area contributed by atoms with Crippen LogP contribution >= 0.6 is 0 Å². The Kier molecular flexibility index (Phi) is 2.03. The molecule has 0 unspecified atom stereocenters. The van der Waals surface area contributed by atoms with Gasteiger partial charge in [0.25, 0.3) is 0 Å². The summed E-state index contributed by atoms with van der Waals surface area (Å²) in [5.41, 5.74) is 1.43. The van der Waals surface area contributed by atoms with Crippen molar-refractivity contribution in [1.29, 1.82) is 0 Å². The van der Waals surface area contributed by atoms with Crippen molar-refractivity contribution in [2.45, 2.75) is 33.1 Å². The minimum atomic E-state index is -1.58. The Hall–Kier alpha value is -0.386. The average Bonchev–Trinajstić information content (AvgIpc) is 2.18. The summed E-state index contributed by atoms with van der Waals surface area (Å²) in [6.45, 7) is 11.5. The van der Waals surface area contributed by atoms with E-state index in [-0.39, 0.29) is 0 Å². The van der Waals surface area contributed by atoms with E-state index in [1.54, 1.807) is 5.19 Å². The molecule has 1 aromatic carbocycles. The predicted octanol–water partition coefficient (Wildman–Crippen LogP) is 1.85. The Morgan fingerprint density at radius 2 is 1.64 bits per heavy atom. The van der Waals surface area contributed by atoms with Crippen molar-refractivity contribution in [3.05, 3.63) is 23.8 Å². The van der Waals surface area contributed by atoms with Crippen molar-refractivity contribution >= 4 is 27.0 Å². The highest BCUT2D eigenvalue weighted by atomic mass is 28.4. The quantitative estimate of drug-likeness (QED) is 0.609. The third kappa shape index (κ3) is 1.31. The van der Waals surface area contributed by atoms with Crippen LogP contribution in [0.3, 0.4) is 0 Å². The molecule has 76 valence electrons. The van der Waals surface area contributed by atoms with E-state index in [1.165, 1.54) is 10.8 Å². The zero-order valence-corrected chi connectivity index (χ0v) is 11.6. The van der Waals surface area contributed by atoms with Gasteiger partial charge in [-0.15, -0.1) is 0 Å². The van der Waals surface area contributed by atoms with Gasteiger partial charge in [0.15, 0.2) is 0 Å². The molecule has 1 aromatic rings. The van der Waals surface area contributed by atoms with Crippen molar-refractivity contribution in [3.8, 4) is 0 Å². The highest BCUT2D eigenvalue weighted by molar-refractivity contribution is 7.06. The van der Waals surface area contributed by atoms with E-state index in [9.17, 15) is 0 Å². The topological polar surface area (TPSA) is 9.23 Å². The van der Waals surface area contributed by atoms with E-state index in [4.69, 9.17) is 4.12 Å².